The fourth-order valence-electron chi connectivity index (χ4n) is 2.53. The van der Waals surface area contributed by atoms with E-state index in [1.54, 1.807) is 22.7 Å². The molecule has 0 radical (unpaired) electrons. The number of halogens is 5. The minimum Gasteiger partial charge on any atom is -0.319 e. The van der Waals surface area contributed by atoms with Crippen LogP contribution >= 0.6 is 27.5 Å². The largest absolute Gasteiger partial charge is 0.416 e. The van der Waals surface area contributed by atoms with Gasteiger partial charge in [-0.2, -0.15) is 13.2 Å². The van der Waals surface area contributed by atoms with Gasteiger partial charge in [-0.3, -0.25) is 9.20 Å². The van der Waals surface area contributed by atoms with Gasteiger partial charge >= 0.3 is 6.18 Å². The number of fused-ring (bicyclic) bond motifs is 1. The quantitative estimate of drug-likeness (QED) is 0.571. The number of benzene rings is 1. The lowest BCUT2D eigenvalue weighted by molar-refractivity contribution is -0.137. The highest BCUT2D eigenvalue weighted by Crippen LogP contribution is 2.34. The molecule has 0 bridgehead atoms. The number of alkyl halides is 3. The van der Waals surface area contributed by atoms with E-state index in [2.05, 4.69) is 26.2 Å². The summed E-state index contributed by atoms with van der Waals surface area (Å²) in [7, 11) is 0. The van der Waals surface area contributed by atoms with Crippen LogP contribution in [0.5, 0.6) is 0 Å². The molecule has 0 unspecified atom stereocenters. The van der Waals surface area contributed by atoms with Crippen LogP contribution in [0.3, 0.4) is 0 Å². The molecule has 0 spiro atoms. The van der Waals surface area contributed by atoms with Crippen molar-refractivity contribution in [1.82, 2.24) is 9.38 Å². The second kappa shape index (κ2) is 6.92. The second-order valence-electron chi connectivity index (χ2n) is 5.48. The van der Waals surface area contributed by atoms with Gasteiger partial charge in [0.2, 0.25) is 0 Å². The number of aryl methyl sites for hydroxylation is 1. The zero-order valence-electron chi connectivity index (χ0n) is 13.4. The van der Waals surface area contributed by atoms with Crippen molar-refractivity contribution < 1.29 is 18.0 Å². The Bertz CT molecular complexity index is 1000. The van der Waals surface area contributed by atoms with E-state index in [9.17, 15) is 18.0 Å². The van der Waals surface area contributed by atoms with Crippen LogP contribution in [0.1, 0.15) is 28.7 Å². The van der Waals surface area contributed by atoms with Crippen molar-refractivity contribution in [2.75, 3.05) is 5.32 Å². The van der Waals surface area contributed by atoms with Crippen LogP contribution in [-0.4, -0.2) is 15.3 Å². The lowest BCUT2D eigenvalue weighted by Gasteiger charge is -2.12. The summed E-state index contributed by atoms with van der Waals surface area (Å²) >= 11 is 9.29. The Kier molecular flexibility index (Phi) is 4.98. The third-order valence-electron chi connectivity index (χ3n) is 3.75. The molecule has 2 aromatic heterocycles. The number of hydrogen-bond donors (Lipinski definition) is 1. The molecule has 0 aliphatic heterocycles. The molecule has 26 heavy (non-hydrogen) atoms. The van der Waals surface area contributed by atoms with E-state index in [1.165, 1.54) is 0 Å². The van der Waals surface area contributed by atoms with E-state index < -0.39 is 17.6 Å². The zero-order chi connectivity index (χ0) is 19.1. The number of hydrogen-bond acceptors (Lipinski definition) is 2. The molecular formula is C17H12BrClF3N3O. The normalized spacial score (nSPS) is 11.8. The van der Waals surface area contributed by atoms with Gasteiger partial charge in [-0.15, -0.1) is 0 Å². The van der Waals surface area contributed by atoms with Gasteiger partial charge in [0.25, 0.3) is 5.91 Å². The third-order valence-corrected chi connectivity index (χ3v) is 4.55. The highest BCUT2D eigenvalue weighted by Gasteiger charge is 2.31. The first-order chi connectivity index (χ1) is 12.2. The number of rotatable bonds is 3. The number of nitrogens with one attached hydrogen (secondary N) is 1. The van der Waals surface area contributed by atoms with Gasteiger partial charge in [-0.25, -0.2) is 4.98 Å². The molecule has 1 aromatic carbocycles. The lowest BCUT2D eigenvalue weighted by Crippen LogP contribution is -2.17. The summed E-state index contributed by atoms with van der Waals surface area (Å²) in [4.78, 5) is 17.1. The molecule has 0 saturated carbocycles. The maximum absolute atomic E-state index is 12.9. The van der Waals surface area contributed by atoms with Crippen molar-refractivity contribution >= 4 is 44.8 Å². The number of nitrogens with zero attached hydrogens (tertiary/aromatic N) is 2. The predicted molar refractivity (Wildman–Crippen MR) is 96.7 cm³/mol. The van der Waals surface area contributed by atoms with E-state index in [0.717, 1.165) is 22.7 Å². The summed E-state index contributed by atoms with van der Waals surface area (Å²) in [6, 6.07) is 6.29. The van der Waals surface area contributed by atoms with E-state index in [1.807, 2.05) is 6.92 Å². The number of carbonyl (C=O) groups excluding carboxylic acids is 1. The van der Waals surface area contributed by atoms with Crippen LogP contribution in [0.25, 0.3) is 5.65 Å². The molecule has 3 aromatic rings. The lowest BCUT2D eigenvalue weighted by atomic mass is 10.2. The van der Waals surface area contributed by atoms with Gasteiger partial charge in [0.05, 0.1) is 22.0 Å². The van der Waals surface area contributed by atoms with Crippen LogP contribution < -0.4 is 5.32 Å². The fourth-order valence-corrected chi connectivity index (χ4v) is 3.04. The predicted octanol–water partition coefficient (Wildman–Crippen LogP) is 5.58. The molecule has 1 N–H and O–H groups in total. The highest BCUT2D eigenvalue weighted by molar-refractivity contribution is 9.10. The summed E-state index contributed by atoms with van der Waals surface area (Å²) in [5.41, 5.74) is 0.332. The molecule has 0 saturated heterocycles. The Morgan fingerprint density at radius 2 is 2.04 bits per heavy atom. The van der Waals surface area contributed by atoms with Gasteiger partial charge in [0.15, 0.2) is 0 Å². The van der Waals surface area contributed by atoms with Gasteiger partial charge < -0.3 is 5.32 Å². The molecule has 0 atom stereocenters. The molecular weight excluding hydrogens is 435 g/mol. The molecule has 3 rings (SSSR count). The number of aromatic nitrogens is 2. The molecule has 136 valence electrons. The Morgan fingerprint density at radius 3 is 2.69 bits per heavy atom. The Labute approximate surface area is 160 Å². The summed E-state index contributed by atoms with van der Waals surface area (Å²) < 4.78 is 41.0. The van der Waals surface area contributed by atoms with Crippen molar-refractivity contribution in [2.24, 2.45) is 0 Å². The van der Waals surface area contributed by atoms with Gasteiger partial charge in [-0.1, -0.05) is 18.5 Å². The Balaban J connectivity index is 2.04. The topological polar surface area (TPSA) is 46.4 Å². The van der Waals surface area contributed by atoms with E-state index in [-0.39, 0.29) is 16.4 Å². The average Bonchev–Trinajstić information content (AvgIpc) is 2.93. The summed E-state index contributed by atoms with van der Waals surface area (Å²) in [6.45, 7) is 1.84. The van der Waals surface area contributed by atoms with Crippen LogP contribution in [-0.2, 0) is 12.6 Å². The summed E-state index contributed by atoms with van der Waals surface area (Å²) in [5.74, 6) is -0.589. The van der Waals surface area contributed by atoms with Gasteiger partial charge in [-0.05, 0) is 52.7 Å². The first-order valence-corrected chi connectivity index (χ1v) is 8.72. The van der Waals surface area contributed by atoms with Crippen molar-refractivity contribution in [3.05, 3.63) is 63.0 Å². The molecule has 4 nitrogen and oxygen atoms in total. The van der Waals surface area contributed by atoms with Crippen molar-refractivity contribution in [3.63, 3.8) is 0 Å². The van der Waals surface area contributed by atoms with Gasteiger partial charge in [0, 0.05) is 10.7 Å². The standard InChI is InChI=1S/C17H12BrClF3N3O/c1-2-12-15(25-8-10(18)4-6-14(25)23-12)16(26)24-13-7-9(17(20,21)22)3-5-11(13)19/h3-8H,2H2,1H3,(H,24,26). The summed E-state index contributed by atoms with van der Waals surface area (Å²) in [5, 5.41) is 2.48. The SMILES string of the molecule is CCc1nc2ccc(Br)cn2c1C(=O)Nc1cc(C(F)(F)F)ccc1Cl. The first kappa shape index (κ1) is 18.7. The van der Waals surface area contributed by atoms with Crippen LogP contribution in [0, 0.1) is 0 Å². The van der Waals surface area contributed by atoms with Crippen molar-refractivity contribution in [1.29, 1.82) is 0 Å². The number of carbonyl (C=O) groups is 1. The maximum Gasteiger partial charge on any atom is 0.416 e. The van der Waals surface area contributed by atoms with Crippen LogP contribution in [0.4, 0.5) is 18.9 Å². The maximum atomic E-state index is 12.9. The average molecular weight is 447 g/mol. The highest BCUT2D eigenvalue weighted by atomic mass is 79.9. The summed E-state index contributed by atoms with van der Waals surface area (Å²) in [6.07, 6.45) is -2.38. The molecule has 2 heterocycles. The minimum atomic E-state index is -4.53. The van der Waals surface area contributed by atoms with E-state index in [4.69, 9.17) is 11.6 Å². The second-order valence-corrected chi connectivity index (χ2v) is 6.81. The Morgan fingerprint density at radius 1 is 1.31 bits per heavy atom. The number of imidazole rings is 1. The Hall–Kier alpha value is -2.06. The molecule has 0 fully saturated rings. The zero-order valence-corrected chi connectivity index (χ0v) is 15.7. The first-order valence-electron chi connectivity index (χ1n) is 7.55. The molecule has 9 heteroatoms. The minimum absolute atomic E-state index is 0.0133. The monoisotopic (exact) mass is 445 g/mol. The van der Waals surface area contributed by atoms with Crippen molar-refractivity contribution in [3.8, 4) is 0 Å². The van der Waals surface area contributed by atoms with Crippen LogP contribution in [0.2, 0.25) is 5.02 Å². The van der Waals surface area contributed by atoms with Gasteiger partial charge in [0.1, 0.15) is 11.3 Å². The number of pyridine rings is 1. The third kappa shape index (κ3) is 3.57. The van der Waals surface area contributed by atoms with E-state index >= 15 is 0 Å². The van der Waals surface area contributed by atoms with E-state index in [0.29, 0.717) is 17.8 Å². The van der Waals surface area contributed by atoms with Crippen LogP contribution in [0.15, 0.2) is 41.0 Å². The smallest absolute Gasteiger partial charge is 0.319 e. The number of anilines is 1. The van der Waals surface area contributed by atoms with Crippen molar-refractivity contribution in [2.45, 2.75) is 19.5 Å². The molecule has 1 amide bonds. The fraction of sp³-hybridized carbons (Fsp3) is 0.176. The molecule has 0 aliphatic rings. The number of amides is 1. The molecule has 0 aliphatic carbocycles.